The summed E-state index contributed by atoms with van der Waals surface area (Å²) in [6.45, 7) is 0.555. The minimum Gasteiger partial charge on any atom is -0.325 e. The van der Waals surface area contributed by atoms with Gasteiger partial charge in [-0.05, 0) is 62.4 Å². The van der Waals surface area contributed by atoms with Crippen LogP contribution in [0.5, 0.6) is 0 Å². The van der Waals surface area contributed by atoms with Gasteiger partial charge < -0.3 is 5.32 Å². The highest BCUT2D eigenvalue weighted by molar-refractivity contribution is 7.99. The number of anilines is 1. The second kappa shape index (κ2) is 10.6. The zero-order valence-electron chi connectivity index (χ0n) is 17.4. The standard InChI is InChI=1S/C24H23Cl2N3O2S/c25-19-11-10-17(14-20(19)26)27-22(30)15-32-24-28-21-9-5-4-8-18(21)23(31)29(24)13-12-16-6-2-1-3-7-16/h4-6,8-11,14H,1-3,7,12-13,15H2,(H,27,30). The molecule has 32 heavy (non-hydrogen) atoms. The van der Waals surface area contributed by atoms with Crippen molar-refractivity contribution in [2.75, 3.05) is 11.1 Å². The van der Waals surface area contributed by atoms with Gasteiger partial charge >= 0.3 is 0 Å². The van der Waals surface area contributed by atoms with Crippen molar-refractivity contribution in [2.45, 2.75) is 43.8 Å². The molecular weight excluding hydrogens is 465 g/mol. The normalized spacial score (nSPS) is 13.8. The van der Waals surface area contributed by atoms with Gasteiger partial charge in [-0.1, -0.05) is 58.7 Å². The van der Waals surface area contributed by atoms with E-state index in [9.17, 15) is 9.59 Å². The second-order valence-corrected chi connectivity index (χ2v) is 9.45. The van der Waals surface area contributed by atoms with Gasteiger partial charge in [0.25, 0.3) is 5.56 Å². The van der Waals surface area contributed by atoms with Gasteiger partial charge in [-0.25, -0.2) is 4.98 Å². The van der Waals surface area contributed by atoms with Crippen LogP contribution in [0.25, 0.3) is 10.9 Å². The number of carbonyl (C=O) groups is 1. The number of aromatic nitrogens is 2. The number of halogens is 2. The van der Waals surface area contributed by atoms with Crippen LogP contribution in [0.4, 0.5) is 5.69 Å². The van der Waals surface area contributed by atoms with E-state index in [1.165, 1.54) is 30.2 Å². The minimum absolute atomic E-state index is 0.0700. The molecule has 5 nitrogen and oxygen atoms in total. The van der Waals surface area contributed by atoms with Gasteiger partial charge in [0, 0.05) is 12.2 Å². The van der Waals surface area contributed by atoms with E-state index in [-0.39, 0.29) is 17.2 Å². The van der Waals surface area contributed by atoms with Crippen LogP contribution in [-0.4, -0.2) is 21.2 Å². The molecule has 166 valence electrons. The Morgan fingerprint density at radius 2 is 1.97 bits per heavy atom. The molecule has 8 heteroatoms. The Labute approximate surface area is 200 Å². The maximum Gasteiger partial charge on any atom is 0.262 e. The summed E-state index contributed by atoms with van der Waals surface area (Å²) in [7, 11) is 0. The topological polar surface area (TPSA) is 64.0 Å². The highest BCUT2D eigenvalue weighted by atomic mass is 35.5. The number of hydrogen-bond acceptors (Lipinski definition) is 4. The smallest absolute Gasteiger partial charge is 0.262 e. The first-order chi connectivity index (χ1) is 15.5. The minimum atomic E-state index is -0.211. The van der Waals surface area contributed by atoms with Crippen LogP contribution in [0.2, 0.25) is 10.0 Å². The molecule has 0 saturated carbocycles. The van der Waals surface area contributed by atoms with Crippen molar-refractivity contribution in [2.24, 2.45) is 0 Å². The summed E-state index contributed by atoms with van der Waals surface area (Å²) in [5.74, 6) is -0.0920. The number of carbonyl (C=O) groups excluding carboxylic acids is 1. The third-order valence-electron chi connectivity index (χ3n) is 5.40. The van der Waals surface area contributed by atoms with Crippen molar-refractivity contribution >= 4 is 57.5 Å². The Hall–Kier alpha value is -2.28. The van der Waals surface area contributed by atoms with Crippen LogP contribution < -0.4 is 10.9 Å². The molecule has 1 aromatic heterocycles. The molecule has 3 aromatic rings. The number of nitrogens with one attached hydrogen (secondary N) is 1. The summed E-state index contributed by atoms with van der Waals surface area (Å²) >= 11 is 13.2. The lowest BCUT2D eigenvalue weighted by Gasteiger charge is -2.16. The van der Waals surface area contributed by atoms with Crippen LogP contribution in [0.1, 0.15) is 32.1 Å². The second-order valence-electron chi connectivity index (χ2n) is 7.69. The van der Waals surface area contributed by atoms with Crippen LogP contribution in [0, 0.1) is 0 Å². The first kappa shape index (κ1) is 22.9. The molecule has 0 unspecified atom stereocenters. The Morgan fingerprint density at radius 3 is 2.75 bits per heavy atom. The van der Waals surface area contributed by atoms with Crippen molar-refractivity contribution < 1.29 is 4.79 Å². The van der Waals surface area contributed by atoms with Gasteiger partial charge in [-0.3, -0.25) is 14.2 Å². The highest BCUT2D eigenvalue weighted by Gasteiger charge is 2.15. The van der Waals surface area contributed by atoms with E-state index in [1.807, 2.05) is 18.2 Å². The Morgan fingerprint density at radius 1 is 1.12 bits per heavy atom. The largest absolute Gasteiger partial charge is 0.325 e. The quantitative estimate of drug-likeness (QED) is 0.240. The molecule has 0 aliphatic heterocycles. The zero-order chi connectivity index (χ0) is 22.5. The molecule has 1 N–H and O–H groups in total. The summed E-state index contributed by atoms with van der Waals surface area (Å²) in [6.07, 6.45) is 7.74. The van der Waals surface area contributed by atoms with Crippen molar-refractivity contribution in [3.8, 4) is 0 Å². The summed E-state index contributed by atoms with van der Waals surface area (Å²) in [4.78, 5) is 30.4. The molecule has 4 rings (SSSR count). The van der Waals surface area contributed by atoms with Gasteiger partial charge in [0.2, 0.25) is 5.91 Å². The van der Waals surface area contributed by atoms with Gasteiger partial charge in [0.05, 0.1) is 26.7 Å². The molecule has 0 atom stereocenters. The monoisotopic (exact) mass is 487 g/mol. The average molecular weight is 488 g/mol. The fraction of sp³-hybridized carbons (Fsp3) is 0.292. The van der Waals surface area contributed by atoms with E-state index in [4.69, 9.17) is 28.2 Å². The van der Waals surface area contributed by atoms with Gasteiger partial charge in [-0.2, -0.15) is 0 Å². The molecule has 1 amide bonds. The van der Waals surface area contributed by atoms with E-state index in [1.54, 1.807) is 28.8 Å². The van der Waals surface area contributed by atoms with Gasteiger partial charge in [0.15, 0.2) is 5.16 Å². The summed E-state index contributed by atoms with van der Waals surface area (Å²) in [5, 5.41) is 4.75. The highest BCUT2D eigenvalue weighted by Crippen LogP contribution is 2.26. The fourth-order valence-corrected chi connectivity index (χ4v) is 4.87. The van der Waals surface area contributed by atoms with Crippen molar-refractivity contribution in [3.05, 3.63) is 74.5 Å². The lowest BCUT2D eigenvalue weighted by atomic mass is 9.97. The van der Waals surface area contributed by atoms with Crippen LogP contribution in [0.15, 0.2) is 64.1 Å². The summed E-state index contributed by atoms with van der Waals surface area (Å²) in [5.41, 5.74) is 2.53. The van der Waals surface area contributed by atoms with Crippen molar-refractivity contribution in [3.63, 3.8) is 0 Å². The number of hydrogen-bond donors (Lipinski definition) is 1. The number of amides is 1. The summed E-state index contributed by atoms with van der Waals surface area (Å²) < 4.78 is 1.70. The number of benzene rings is 2. The first-order valence-corrected chi connectivity index (χ1v) is 12.3. The molecule has 1 aliphatic rings. The lowest BCUT2D eigenvalue weighted by molar-refractivity contribution is -0.113. The molecular formula is C24H23Cl2N3O2S. The molecule has 0 fully saturated rings. The number of fused-ring (bicyclic) bond motifs is 1. The molecule has 1 aliphatic carbocycles. The fourth-order valence-electron chi connectivity index (χ4n) is 3.74. The number of nitrogens with zero attached hydrogens (tertiary/aromatic N) is 2. The molecule has 2 aromatic carbocycles. The number of thioether (sulfide) groups is 1. The van der Waals surface area contributed by atoms with E-state index in [0.29, 0.717) is 38.3 Å². The third-order valence-corrected chi connectivity index (χ3v) is 7.12. The Bertz CT molecular complexity index is 1240. The first-order valence-electron chi connectivity index (χ1n) is 10.6. The van der Waals surface area contributed by atoms with E-state index >= 15 is 0 Å². The average Bonchev–Trinajstić information content (AvgIpc) is 2.80. The Kier molecular flexibility index (Phi) is 7.55. The SMILES string of the molecule is O=C(CSc1nc2ccccc2c(=O)n1CCC1=CCCCC1)Nc1ccc(Cl)c(Cl)c1. The molecule has 0 radical (unpaired) electrons. The van der Waals surface area contributed by atoms with Crippen LogP contribution >= 0.6 is 35.0 Å². The predicted octanol–water partition coefficient (Wildman–Crippen LogP) is 6.32. The van der Waals surface area contributed by atoms with Gasteiger partial charge in [0.1, 0.15) is 0 Å². The maximum absolute atomic E-state index is 13.2. The number of allylic oxidation sites excluding steroid dienone is 2. The molecule has 0 bridgehead atoms. The lowest BCUT2D eigenvalue weighted by Crippen LogP contribution is -2.24. The number of para-hydroxylation sites is 1. The van der Waals surface area contributed by atoms with Crippen molar-refractivity contribution in [1.29, 1.82) is 0 Å². The van der Waals surface area contributed by atoms with Crippen LogP contribution in [-0.2, 0) is 11.3 Å². The van der Waals surface area contributed by atoms with Crippen LogP contribution in [0.3, 0.4) is 0 Å². The maximum atomic E-state index is 13.2. The van der Waals surface area contributed by atoms with E-state index in [0.717, 1.165) is 19.3 Å². The number of rotatable bonds is 7. The van der Waals surface area contributed by atoms with Gasteiger partial charge in [-0.15, -0.1) is 0 Å². The molecule has 1 heterocycles. The Balaban J connectivity index is 1.53. The van der Waals surface area contributed by atoms with E-state index < -0.39 is 0 Å². The predicted molar refractivity (Wildman–Crippen MR) is 133 cm³/mol. The molecule has 0 spiro atoms. The van der Waals surface area contributed by atoms with Crippen molar-refractivity contribution in [1.82, 2.24) is 9.55 Å². The summed E-state index contributed by atoms with van der Waals surface area (Å²) in [6, 6.07) is 12.3. The third kappa shape index (κ3) is 5.55. The zero-order valence-corrected chi connectivity index (χ0v) is 19.8. The van der Waals surface area contributed by atoms with E-state index in [2.05, 4.69) is 11.4 Å². The molecule has 0 saturated heterocycles.